The van der Waals surface area contributed by atoms with Crippen LogP contribution in [-0.2, 0) is 4.79 Å². The van der Waals surface area contributed by atoms with Crippen molar-refractivity contribution in [2.45, 2.75) is 52.2 Å². The second-order valence-corrected chi connectivity index (χ2v) is 7.06. The number of aryl methyl sites for hydroxylation is 1. The Morgan fingerprint density at radius 3 is 2.55 bits per heavy atom. The van der Waals surface area contributed by atoms with Crippen molar-refractivity contribution in [3.8, 4) is 0 Å². The van der Waals surface area contributed by atoms with E-state index in [0.29, 0.717) is 18.0 Å². The number of carbonyl (C=O) groups is 1. The predicted molar refractivity (Wildman–Crippen MR) is 80.2 cm³/mol. The highest BCUT2D eigenvalue weighted by molar-refractivity contribution is 5.81. The summed E-state index contributed by atoms with van der Waals surface area (Å²) >= 11 is 0. The third-order valence-electron chi connectivity index (χ3n) is 4.74. The van der Waals surface area contributed by atoms with Crippen LogP contribution in [0.3, 0.4) is 0 Å². The van der Waals surface area contributed by atoms with Gasteiger partial charge in [-0.25, -0.2) is 0 Å². The Balaban J connectivity index is 1.84. The van der Waals surface area contributed by atoms with Crippen LogP contribution < -0.4 is 5.32 Å². The first-order valence-electron chi connectivity index (χ1n) is 7.57. The van der Waals surface area contributed by atoms with Crippen LogP contribution >= 0.6 is 0 Å². The molecule has 2 fully saturated rings. The Morgan fingerprint density at radius 2 is 1.95 bits per heavy atom. The van der Waals surface area contributed by atoms with E-state index in [1.807, 2.05) is 0 Å². The van der Waals surface area contributed by atoms with Crippen LogP contribution in [0.15, 0.2) is 24.3 Å². The van der Waals surface area contributed by atoms with E-state index in [1.54, 1.807) is 0 Å². The maximum absolute atomic E-state index is 12.3. The van der Waals surface area contributed by atoms with Crippen molar-refractivity contribution < 1.29 is 4.79 Å². The number of amides is 1. The molecule has 3 nitrogen and oxygen atoms in total. The quantitative estimate of drug-likeness (QED) is 0.897. The van der Waals surface area contributed by atoms with E-state index >= 15 is 0 Å². The van der Waals surface area contributed by atoms with E-state index in [4.69, 9.17) is 0 Å². The second-order valence-electron chi connectivity index (χ2n) is 7.06. The first-order chi connectivity index (χ1) is 9.46. The fraction of sp³-hybridized carbons (Fsp3) is 0.588. The molecule has 1 aliphatic heterocycles. The topological polar surface area (TPSA) is 32.3 Å². The van der Waals surface area contributed by atoms with Gasteiger partial charge in [0.1, 0.15) is 6.17 Å². The molecule has 1 N–H and O–H groups in total. The number of benzene rings is 1. The minimum absolute atomic E-state index is 0.0574. The smallest absolute Gasteiger partial charge is 0.238 e. The number of hydrogen-bond donors (Lipinski definition) is 1. The Hall–Kier alpha value is -1.35. The van der Waals surface area contributed by atoms with Crippen molar-refractivity contribution in [2.24, 2.45) is 5.41 Å². The van der Waals surface area contributed by atoms with Crippen LogP contribution in [0.1, 0.15) is 50.4 Å². The zero-order valence-electron chi connectivity index (χ0n) is 12.6. The van der Waals surface area contributed by atoms with Gasteiger partial charge in [0.2, 0.25) is 5.91 Å². The SMILES string of the molecule is Cc1ccc(C2NCC(=O)N2C2CCC(C)(C)C2)cc1. The molecule has 0 spiro atoms. The summed E-state index contributed by atoms with van der Waals surface area (Å²) in [6.45, 7) is 7.17. The van der Waals surface area contributed by atoms with Gasteiger partial charge in [-0.1, -0.05) is 43.7 Å². The second kappa shape index (κ2) is 4.88. The minimum Gasteiger partial charge on any atom is -0.319 e. The number of nitrogens with zero attached hydrogens (tertiary/aromatic N) is 1. The summed E-state index contributed by atoms with van der Waals surface area (Å²) in [5.41, 5.74) is 2.82. The van der Waals surface area contributed by atoms with Crippen LogP contribution in [0.2, 0.25) is 0 Å². The van der Waals surface area contributed by atoms with Crippen molar-refractivity contribution >= 4 is 5.91 Å². The van der Waals surface area contributed by atoms with Crippen molar-refractivity contribution in [3.05, 3.63) is 35.4 Å². The molecule has 0 bridgehead atoms. The molecule has 2 atom stereocenters. The van der Waals surface area contributed by atoms with Crippen LogP contribution in [0.25, 0.3) is 0 Å². The Labute approximate surface area is 121 Å². The third-order valence-corrected chi connectivity index (χ3v) is 4.74. The standard InChI is InChI=1S/C17H24N2O/c1-12-4-6-13(7-5-12)16-18-11-15(20)19(16)14-8-9-17(2,3)10-14/h4-7,14,16,18H,8-11H2,1-3H3. The molecule has 1 heterocycles. The highest BCUT2D eigenvalue weighted by Gasteiger charge is 2.42. The van der Waals surface area contributed by atoms with E-state index in [2.05, 4.69) is 55.3 Å². The lowest BCUT2D eigenvalue weighted by Gasteiger charge is -2.31. The molecule has 0 radical (unpaired) electrons. The summed E-state index contributed by atoms with van der Waals surface area (Å²) in [6.07, 6.45) is 3.51. The highest BCUT2D eigenvalue weighted by atomic mass is 16.2. The van der Waals surface area contributed by atoms with E-state index in [0.717, 1.165) is 12.8 Å². The molecule has 1 saturated carbocycles. The maximum Gasteiger partial charge on any atom is 0.238 e. The van der Waals surface area contributed by atoms with Crippen LogP contribution in [-0.4, -0.2) is 23.4 Å². The molecule has 1 aliphatic carbocycles. The summed E-state index contributed by atoms with van der Waals surface area (Å²) in [4.78, 5) is 14.4. The van der Waals surface area contributed by atoms with E-state index in [9.17, 15) is 4.79 Å². The largest absolute Gasteiger partial charge is 0.319 e. The normalized spacial score (nSPS) is 29.1. The Bertz CT molecular complexity index is 506. The molecule has 1 aromatic rings. The van der Waals surface area contributed by atoms with Gasteiger partial charge in [0.25, 0.3) is 0 Å². The van der Waals surface area contributed by atoms with Crippen LogP contribution in [0.4, 0.5) is 0 Å². The molecular formula is C17H24N2O. The molecule has 1 amide bonds. The molecule has 2 aliphatic rings. The van der Waals surface area contributed by atoms with E-state index in [-0.39, 0.29) is 12.1 Å². The van der Waals surface area contributed by atoms with Gasteiger partial charge in [-0.05, 0) is 37.2 Å². The zero-order valence-corrected chi connectivity index (χ0v) is 12.6. The first-order valence-corrected chi connectivity index (χ1v) is 7.57. The molecular weight excluding hydrogens is 248 g/mol. The van der Waals surface area contributed by atoms with E-state index < -0.39 is 0 Å². The van der Waals surface area contributed by atoms with Gasteiger partial charge in [0.05, 0.1) is 6.54 Å². The number of nitrogens with one attached hydrogen (secondary N) is 1. The third kappa shape index (κ3) is 2.47. The summed E-state index contributed by atoms with van der Waals surface area (Å²) < 4.78 is 0. The lowest BCUT2D eigenvalue weighted by Crippen LogP contribution is -2.38. The van der Waals surface area contributed by atoms with Crippen molar-refractivity contribution in [1.82, 2.24) is 10.2 Å². The Kier molecular flexibility index (Phi) is 3.33. The predicted octanol–water partition coefficient (Wildman–Crippen LogP) is 3.00. The molecule has 0 aromatic heterocycles. The fourth-order valence-corrected chi connectivity index (χ4v) is 3.60. The van der Waals surface area contributed by atoms with Gasteiger partial charge < -0.3 is 4.90 Å². The molecule has 3 rings (SSSR count). The van der Waals surface area contributed by atoms with Crippen LogP contribution in [0, 0.1) is 12.3 Å². The van der Waals surface area contributed by atoms with Gasteiger partial charge in [0, 0.05) is 6.04 Å². The monoisotopic (exact) mass is 272 g/mol. The van der Waals surface area contributed by atoms with Crippen molar-refractivity contribution in [1.29, 1.82) is 0 Å². The summed E-state index contributed by atoms with van der Waals surface area (Å²) in [7, 11) is 0. The average molecular weight is 272 g/mol. The Morgan fingerprint density at radius 1 is 1.25 bits per heavy atom. The van der Waals surface area contributed by atoms with Crippen molar-refractivity contribution in [3.63, 3.8) is 0 Å². The minimum atomic E-state index is 0.0574. The summed E-state index contributed by atoms with van der Waals surface area (Å²) in [5, 5.41) is 3.37. The number of carbonyl (C=O) groups excluding carboxylic acids is 1. The molecule has 3 heteroatoms. The average Bonchev–Trinajstić information content (AvgIpc) is 2.93. The highest BCUT2D eigenvalue weighted by Crippen LogP contribution is 2.42. The van der Waals surface area contributed by atoms with Crippen LogP contribution in [0.5, 0.6) is 0 Å². The van der Waals surface area contributed by atoms with Gasteiger partial charge >= 0.3 is 0 Å². The molecule has 1 aromatic carbocycles. The molecule has 2 unspecified atom stereocenters. The van der Waals surface area contributed by atoms with Gasteiger partial charge in [-0.3, -0.25) is 10.1 Å². The zero-order chi connectivity index (χ0) is 14.3. The molecule has 108 valence electrons. The lowest BCUT2D eigenvalue weighted by atomic mass is 9.91. The summed E-state index contributed by atoms with van der Waals surface area (Å²) in [5.74, 6) is 0.248. The molecule has 20 heavy (non-hydrogen) atoms. The van der Waals surface area contributed by atoms with E-state index in [1.165, 1.54) is 17.5 Å². The first kappa shape index (κ1) is 13.6. The van der Waals surface area contributed by atoms with Gasteiger partial charge in [-0.2, -0.15) is 0 Å². The van der Waals surface area contributed by atoms with Gasteiger partial charge in [-0.15, -0.1) is 0 Å². The summed E-state index contributed by atoms with van der Waals surface area (Å²) in [6, 6.07) is 8.91. The lowest BCUT2D eigenvalue weighted by molar-refractivity contribution is -0.130. The number of rotatable bonds is 2. The fourth-order valence-electron chi connectivity index (χ4n) is 3.60. The van der Waals surface area contributed by atoms with Crippen molar-refractivity contribution in [2.75, 3.05) is 6.54 Å². The number of hydrogen-bond acceptors (Lipinski definition) is 2. The maximum atomic E-state index is 12.3. The molecule has 1 saturated heterocycles. The van der Waals surface area contributed by atoms with Gasteiger partial charge in [0.15, 0.2) is 0 Å².